The fourth-order valence-corrected chi connectivity index (χ4v) is 4.42. The maximum atomic E-state index is 13.0. The molecule has 2 aromatic rings. The van der Waals surface area contributed by atoms with Crippen molar-refractivity contribution in [3.8, 4) is 0 Å². The summed E-state index contributed by atoms with van der Waals surface area (Å²) < 4.78 is 35.8. The molecule has 1 aromatic heterocycles. The number of aromatic nitrogens is 2. The van der Waals surface area contributed by atoms with Gasteiger partial charge in [-0.15, -0.1) is 0 Å². The minimum atomic E-state index is -0.703. The van der Waals surface area contributed by atoms with Crippen LogP contribution in [0, 0.1) is 0 Å². The third kappa shape index (κ3) is 9.77. The molecule has 13 nitrogen and oxygen atoms in total. The minimum absolute atomic E-state index is 0.207. The number of para-hydroxylation sites is 1. The van der Waals surface area contributed by atoms with Crippen LogP contribution in [0.4, 0.5) is 0 Å². The van der Waals surface area contributed by atoms with Gasteiger partial charge in [-0.05, 0) is 24.5 Å². The zero-order chi connectivity index (χ0) is 28.6. The van der Waals surface area contributed by atoms with Gasteiger partial charge in [0.1, 0.15) is 6.04 Å². The molecule has 1 atom stereocenters. The Morgan fingerprint density at radius 3 is 1.85 bits per heavy atom. The van der Waals surface area contributed by atoms with Crippen LogP contribution < -0.4 is 16.7 Å². The van der Waals surface area contributed by atoms with Crippen molar-refractivity contribution >= 4 is 22.8 Å². The lowest BCUT2D eigenvalue weighted by atomic mass is 10.1. The highest BCUT2D eigenvalue weighted by Crippen LogP contribution is 2.25. The van der Waals surface area contributed by atoms with E-state index in [9.17, 15) is 14.4 Å². The van der Waals surface area contributed by atoms with Crippen LogP contribution >= 0.6 is 0 Å². The Hall–Kier alpha value is -2.65. The summed E-state index contributed by atoms with van der Waals surface area (Å²) in [5.74, 6) is -0.756. The van der Waals surface area contributed by atoms with Gasteiger partial charge in [0.2, 0.25) is 11.8 Å². The molecule has 0 spiro atoms. The molecule has 2 amide bonds. The van der Waals surface area contributed by atoms with E-state index < -0.39 is 11.9 Å². The highest BCUT2D eigenvalue weighted by Gasteiger charge is 2.31. The van der Waals surface area contributed by atoms with E-state index >= 15 is 0 Å². The van der Waals surface area contributed by atoms with E-state index in [1.807, 2.05) is 18.2 Å². The maximum absolute atomic E-state index is 13.0. The second-order valence-electron chi connectivity index (χ2n) is 9.18. The molecule has 3 rings (SSSR count). The first-order valence-electron chi connectivity index (χ1n) is 13.7. The summed E-state index contributed by atoms with van der Waals surface area (Å²) in [5, 5.41) is 2.33. The van der Waals surface area contributed by atoms with Crippen molar-refractivity contribution in [2.75, 3.05) is 85.8 Å². The van der Waals surface area contributed by atoms with Crippen molar-refractivity contribution in [3.05, 3.63) is 34.2 Å². The normalized spacial score (nSPS) is 15.7. The highest BCUT2D eigenvalue weighted by molar-refractivity contribution is 6.00. The molecule has 2 heterocycles. The minimum Gasteiger partial charge on any atom is -0.379 e. The molecule has 13 heteroatoms. The molecule has 1 unspecified atom stereocenters. The van der Waals surface area contributed by atoms with Gasteiger partial charge in [0.25, 0.3) is 0 Å². The van der Waals surface area contributed by atoms with Crippen LogP contribution in [0.1, 0.15) is 24.4 Å². The summed E-state index contributed by atoms with van der Waals surface area (Å²) in [7, 11) is 1.69. The number of imidazole rings is 1. The lowest BCUT2D eigenvalue weighted by Gasteiger charge is -2.21. The zero-order valence-electron chi connectivity index (χ0n) is 23.3. The van der Waals surface area contributed by atoms with Crippen molar-refractivity contribution in [2.45, 2.75) is 25.3 Å². The number of hydrogen-bond donors (Lipinski definition) is 2. The van der Waals surface area contributed by atoms with E-state index in [-0.39, 0.29) is 18.0 Å². The first-order valence-corrected chi connectivity index (χ1v) is 13.7. The number of fused-ring (bicyclic) bond motifs is 1. The molecule has 0 saturated carbocycles. The van der Waals surface area contributed by atoms with Gasteiger partial charge in [0, 0.05) is 20.0 Å². The van der Waals surface area contributed by atoms with Gasteiger partial charge in [0.05, 0.1) is 90.3 Å². The van der Waals surface area contributed by atoms with Gasteiger partial charge in [-0.3, -0.25) is 24.0 Å². The zero-order valence-corrected chi connectivity index (χ0v) is 23.3. The third-order valence-electron chi connectivity index (χ3n) is 6.35. The van der Waals surface area contributed by atoms with Crippen LogP contribution in [0.2, 0.25) is 0 Å². The Morgan fingerprint density at radius 2 is 1.32 bits per heavy atom. The van der Waals surface area contributed by atoms with Crippen molar-refractivity contribution in [1.82, 2.24) is 14.5 Å². The van der Waals surface area contributed by atoms with E-state index in [4.69, 9.17) is 34.2 Å². The number of ether oxygens (including phenoxy) is 6. The fourth-order valence-electron chi connectivity index (χ4n) is 4.42. The summed E-state index contributed by atoms with van der Waals surface area (Å²) in [4.78, 5) is 36.9. The number of benzene rings is 1. The van der Waals surface area contributed by atoms with Crippen LogP contribution in [0.5, 0.6) is 0 Å². The van der Waals surface area contributed by atoms with Crippen LogP contribution in [0.15, 0.2) is 23.0 Å². The predicted octanol–water partition coefficient (Wildman–Crippen LogP) is -0.0815. The molecule has 1 saturated heterocycles. The van der Waals surface area contributed by atoms with Gasteiger partial charge in [-0.2, -0.15) is 0 Å². The average molecular weight is 567 g/mol. The number of imide groups is 1. The van der Waals surface area contributed by atoms with E-state index in [1.165, 1.54) is 4.57 Å². The summed E-state index contributed by atoms with van der Waals surface area (Å²) in [6.45, 7) is 6.38. The Morgan fingerprint density at radius 1 is 0.800 bits per heavy atom. The van der Waals surface area contributed by atoms with Gasteiger partial charge >= 0.3 is 5.69 Å². The SMILES string of the molecule is Cn1c(=O)n(C2CCC(=O)NC2=O)c2cccc(CCOCCOCCOCCOCCOCCOCCN)c21. The van der Waals surface area contributed by atoms with E-state index in [0.717, 1.165) is 11.1 Å². The van der Waals surface area contributed by atoms with Crippen LogP contribution in [-0.4, -0.2) is 107 Å². The molecule has 0 aliphatic carbocycles. The predicted molar refractivity (Wildman–Crippen MR) is 146 cm³/mol. The highest BCUT2D eigenvalue weighted by atomic mass is 16.6. The number of amides is 2. The number of aryl methyl sites for hydroxylation is 1. The lowest BCUT2D eigenvalue weighted by molar-refractivity contribution is -0.135. The van der Waals surface area contributed by atoms with E-state index in [0.29, 0.717) is 104 Å². The van der Waals surface area contributed by atoms with Crippen molar-refractivity contribution in [2.24, 2.45) is 12.8 Å². The van der Waals surface area contributed by atoms with Crippen molar-refractivity contribution < 1.29 is 38.0 Å². The summed E-state index contributed by atoms with van der Waals surface area (Å²) in [6, 6.07) is 4.93. The topological polar surface area (TPSA) is 155 Å². The van der Waals surface area contributed by atoms with Gasteiger partial charge < -0.3 is 34.2 Å². The maximum Gasteiger partial charge on any atom is 0.329 e. The van der Waals surface area contributed by atoms with Crippen molar-refractivity contribution in [1.29, 1.82) is 0 Å². The Kier molecular flexibility index (Phi) is 14.3. The summed E-state index contributed by atoms with van der Waals surface area (Å²) in [5.41, 5.74) is 7.43. The molecular formula is C27H42N4O9. The first-order chi connectivity index (χ1) is 19.5. The Bertz CT molecular complexity index is 1120. The molecule has 40 heavy (non-hydrogen) atoms. The number of nitrogens with two attached hydrogens (primary N) is 1. The monoisotopic (exact) mass is 566 g/mol. The van der Waals surface area contributed by atoms with Gasteiger partial charge in [-0.25, -0.2) is 4.79 Å². The largest absolute Gasteiger partial charge is 0.379 e. The third-order valence-corrected chi connectivity index (χ3v) is 6.35. The molecule has 1 aromatic carbocycles. The molecule has 0 radical (unpaired) electrons. The van der Waals surface area contributed by atoms with Crippen LogP contribution in [-0.2, 0) is 51.5 Å². The van der Waals surface area contributed by atoms with Crippen molar-refractivity contribution in [3.63, 3.8) is 0 Å². The lowest BCUT2D eigenvalue weighted by Crippen LogP contribution is -2.44. The van der Waals surface area contributed by atoms with Crippen LogP contribution in [0.3, 0.4) is 0 Å². The average Bonchev–Trinajstić information content (AvgIpc) is 3.20. The number of nitrogens with one attached hydrogen (secondary N) is 1. The number of nitrogens with zero attached hydrogens (tertiary/aromatic N) is 2. The molecule has 224 valence electrons. The Labute approximate surface area is 233 Å². The molecular weight excluding hydrogens is 524 g/mol. The number of carbonyl (C=O) groups excluding carboxylic acids is 2. The molecule has 1 aliphatic heterocycles. The summed E-state index contributed by atoms with van der Waals surface area (Å²) in [6.07, 6.45) is 1.11. The number of piperidine rings is 1. The summed E-state index contributed by atoms with van der Waals surface area (Å²) >= 11 is 0. The Balaban J connectivity index is 1.25. The second-order valence-corrected chi connectivity index (χ2v) is 9.18. The fraction of sp³-hybridized carbons (Fsp3) is 0.667. The second kappa shape index (κ2) is 17.9. The molecule has 0 bridgehead atoms. The standard InChI is InChI=1S/C27H42N4O9/c1-30-25-21(3-2-4-22(25)31(27(30)34)23-5-6-24(32)29-26(23)33)7-9-35-11-13-37-15-17-39-19-20-40-18-16-38-14-12-36-10-8-28/h2-4,23H,5-20,28H2,1H3,(H,29,32,33). The van der Waals surface area contributed by atoms with Crippen LogP contribution in [0.25, 0.3) is 11.0 Å². The molecule has 3 N–H and O–H groups in total. The number of carbonyl (C=O) groups is 2. The van der Waals surface area contributed by atoms with Gasteiger partial charge in [-0.1, -0.05) is 12.1 Å². The molecule has 1 fully saturated rings. The van der Waals surface area contributed by atoms with E-state index in [2.05, 4.69) is 5.32 Å². The van der Waals surface area contributed by atoms with E-state index in [1.54, 1.807) is 11.6 Å². The first kappa shape index (κ1) is 31.9. The quantitative estimate of drug-likeness (QED) is 0.155. The number of hydrogen-bond acceptors (Lipinski definition) is 10. The van der Waals surface area contributed by atoms with Gasteiger partial charge in [0.15, 0.2) is 0 Å². The molecule has 1 aliphatic rings. The smallest absolute Gasteiger partial charge is 0.329 e. The number of rotatable bonds is 21.